The molecule has 0 aliphatic heterocycles. The molecule has 0 saturated heterocycles. The number of rotatable bonds is 2. The lowest BCUT2D eigenvalue weighted by Crippen LogP contribution is -2.34. The van der Waals surface area contributed by atoms with Crippen LogP contribution in [0.4, 0.5) is 4.79 Å². The minimum Gasteiger partial charge on any atom is -0.449 e. The topological polar surface area (TPSA) is 77.2 Å². The van der Waals surface area contributed by atoms with Gasteiger partial charge in [0.2, 0.25) is 0 Å². The van der Waals surface area contributed by atoms with Crippen molar-refractivity contribution in [2.75, 3.05) is 0 Å². The first-order valence-corrected chi connectivity index (χ1v) is 7.51. The van der Waals surface area contributed by atoms with Crippen LogP contribution in [0.15, 0.2) is 43.0 Å². The van der Waals surface area contributed by atoms with Crippen LogP contribution in [0.2, 0.25) is 0 Å². The molecular weight excluding hydrogens is 305 g/mol. The Kier molecular flexibility index (Phi) is 4.11. The van der Waals surface area contributed by atoms with Gasteiger partial charge >= 0.3 is 13.6 Å². The van der Waals surface area contributed by atoms with E-state index in [1.165, 1.54) is 4.57 Å². The van der Waals surface area contributed by atoms with Crippen LogP contribution in [0.25, 0.3) is 22.0 Å². The molecule has 1 radical (unpaired) electrons. The molecule has 0 spiro atoms. The minimum atomic E-state index is -0.642. The fourth-order valence-corrected chi connectivity index (χ4v) is 2.51. The quantitative estimate of drug-likeness (QED) is 0.731. The van der Waals surface area contributed by atoms with Gasteiger partial charge in [0.05, 0.1) is 11.7 Å². The van der Waals surface area contributed by atoms with Gasteiger partial charge in [-0.3, -0.25) is 14.5 Å². The number of nitrogens with zero attached hydrogens (tertiary/aromatic N) is 3. The molecule has 7 heteroatoms. The van der Waals surface area contributed by atoms with Gasteiger partial charge in [0.25, 0.3) is 0 Å². The Hall–Kier alpha value is -2.67. The Morgan fingerprint density at radius 2 is 1.92 bits per heavy atom. The predicted molar refractivity (Wildman–Crippen MR) is 92.2 cm³/mol. The van der Waals surface area contributed by atoms with E-state index >= 15 is 0 Å². The maximum Gasteiger partial charge on any atom is 0.418 e. The molecule has 0 atom stereocenters. The fraction of sp³-hybridized carbons (Fsp3) is 0.235. The zero-order valence-electron chi connectivity index (χ0n) is 13.7. The van der Waals surface area contributed by atoms with Crippen LogP contribution in [0.1, 0.15) is 20.8 Å². The molecule has 0 aliphatic carbocycles. The number of hydrogen-bond acceptors (Lipinski definition) is 5. The number of pyridine rings is 2. The number of carbonyl (C=O) groups is 1. The van der Waals surface area contributed by atoms with E-state index in [0.29, 0.717) is 11.1 Å². The van der Waals surface area contributed by atoms with Crippen molar-refractivity contribution in [1.82, 2.24) is 14.5 Å². The van der Waals surface area contributed by atoms with Crippen LogP contribution in [0, 0.1) is 0 Å². The predicted octanol–water partition coefficient (Wildman–Crippen LogP) is 2.12. The van der Waals surface area contributed by atoms with E-state index in [-0.39, 0.29) is 0 Å². The van der Waals surface area contributed by atoms with Crippen molar-refractivity contribution < 1.29 is 14.6 Å². The Morgan fingerprint density at radius 3 is 2.54 bits per heavy atom. The monoisotopic (exact) mass is 322 g/mol. The first-order valence-electron chi connectivity index (χ1n) is 7.51. The van der Waals surface area contributed by atoms with Crippen LogP contribution >= 0.6 is 0 Å². The smallest absolute Gasteiger partial charge is 0.418 e. The summed E-state index contributed by atoms with van der Waals surface area (Å²) in [6.45, 7) is 5.37. The average molecular weight is 322 g/mol. The van der Waals surface area contributed by atoms with Gasteiger partial charge in [0.1, 0.15) is 5.60 Å². The highest BCUT2D eigenvalue weighted by Gasteiger charge is 2.23. The maximum absolute atomic E-state index is 12.5. The van der Waals surface area contributed by atoms with Crippen molar-refractivity contribution in [2.24, 2.45) is 0 Å². The minimum absolute atomic E-state index is 0.336. The van der Waals surface area contributed by atoms with E-state index in [1.54, 1.807) is 51.6 Å². The molecule has 0 bridgehead atoms. The fourth-order valence-electron chi connectivity index (χ4n) is 2.51. The van der Waals surface area contributed by atoms with Crippen LogP contribution in [0.5, 0.6) is 0 Å². The van der Waals surface area contributed by atoms with Gasteiger partial charge in [-0.25, -0.2) is 4.79 Å². The summed E-state index contributed by atoms with van der Waals surface area (Å²) in [6.07, 6.45) is 6.12. The van der Waals surface area contributed by atoms with E-state index in [2.05, 4.69) is 9.97 Å². The molecule has 6 nitrogen and oxygen atoms in total. The Bertz CT molecular complexity index is 885. The standard InChI is InChI=1S/C17H17BN3O3/c1-17(2,3)24-16(22)21-14-10-20-9-13(11-4-6-19-7-5-11)12(14)8-15(21)18-23/h4-10,23H,1-3H3. The SMILES string of the molecule is CC(C)(C)OC(=O)n1c([B]O)cc2c(-c3ccncc3)cncc21. The lowest BCUT2D eigenvalue weighted by molar-refractivity contribution is 0.0549. The van der Waals surface area contributed by atoms with Gasteiger partial charge in [-0.15, -0.1) is 0 Å². The van der Waals surface area contributed by atoms with Gasteiger partial charge < -0.3 is 9.76 Å². The van der Waals surface area contributed by atoms with Crippen molar-refractivity contribution in [3.63, 3.8) is 0 Å². The van der Waals surface area contributed by atoms with Crippen molar-refractivity contribution >= 4 is 30.1 Å². The summed E-state index contributed by atoms with van der Waals surface area (Å²) >= 11 is 0. The Labute approximate surface area is 140 Å². The summed E-state index contributed by atoms with van der Waals surface area (Å²) in [5.41, 5.74) is 2.03. The number of ether oxygens (including phenoxy) is 1. The van der Waals surface area contributed by atoms with Crippen LogP contribution in [-0.2, 0) is 4.74 Å². The molecule has 3 aromatic rings. The molecule has 3 heterocycles. The van der Waals surface area contributed by atoms with Gasteiger partial charge in [-0.1, -0.05) is 0 Å². The van der Waals surface area contributed by atoms with Crippen LogP contribution in [0.3, 0.4) is 0 Å². The molecule has 0 saturated carbocycles. The second kappa shape index (κ2) is 6.09. The van der Waals surface area contributed by atoms with E-state index in [1.807, 2.05) is 12.1 Å². The summed E-state index contributed by atoms with van der Waals surface area (Å²) in [7, 11) is 0.889. The second-order valence-corrected chi connectivity index (χ2v) is 6.37. The summed E-state index contributed by atoms with van der Waals surface area (Å²) in [5.74, 6) is 0. The molecule has 121 valence electrons. The number of hydrogen-bond donors (Lipinski definition) is 1. The van der Waals surface area contributed by atoms with E-state index in [4.69, 9.17) is 4.74 Å². The molecule has 3 rings (SSSR count). The maximum atomic E-state index is 12.5. The van der Waals surface area contributed by atoms with E-state index in [9.17, 15) is 9.82 Å². The summed E-state index contributed by atoms with van der Waals surface area (Å²) in [6, 6.07) is 5.46. The lowest BCUT2D eigenvalue weighted by atomic mass is 9.95. The average Bonchev–Trinajstić information content (AvgIpc) is 2.92. The van der Waals surface area contributed by atoms with Gasteiger partial charge in [0, 0.05) is 35.1 Å². The second-order valence-electron chi connectivity index (χ2n) is 6.37. The summed E-state index contributed by atoms with van der Waals surface area (Å²) < 4.78 is 6.75. The molecule has 24 heavy (non-hydrogen) atoms. The van der Waals surface area contributed by atoms with Crippen molar-refractivity contribution in [3.05, 3.63) is 43.0 Å². The number of fused-ring (bicyclic) bond motifs is 1. The molecule has 0 aromatic carbocycles. The van der Waals surface area contributed by atoms with Crippen LogP contribution in [-0.4, -0.2) is 38.7 Å². The molecule has 0 fully saturated rings. The molecule has 1 N–H and O–H groups in total. The summed E-state index contributed by atoms with van der Waals surface area (Å²) in [4.78, 5) is 20.8. The largest absolute Gasteiger partial charge is 0.449 e. The third-order valence-corrected chi connectivity index (χ3v) is 3.46. The highest BCUT2D eigenvalue weighted by Crippen LogP contribution is 2.27. The Balaban J connectivity index is 2.19. The van der Waals surface area contributed by atoms with Gasteiger partial charge in [-0.2, -0.15) is 0 Å². The van der Waals surface area contributed by atoms with Crippen molar-refractivity contribution in [1.29, 1.82) is 0 Å². The molecule has 0 aliphatic rings. The molecule has 0 amide bonds. The zero-order valence-corrected chi connectivity index (χ0v) is 13.7. The molecule has 0 unspecified atom stereocenters. The van der Waals surface area contributed by atoms with Gasteiger partial charge in [-0.05, 0) is 44.5 Å². The first-order chi connectivity index (χ1) is 11.4. The number of carbonyl (C=O) groups excluding carboxylic acids is 1. The lowest BCUT2D eigenvalue weighted by Gasteiger charge is -2.20. The Morgan fingerprint density at radius 1 is 1.21 bits per heavy atom. The molecular formula is C17H17BN3O3. The highest BCUT2D eigenvalue weighted by atomic mass is 16.6. The van der Waals surface area contributed by atoms with E-state index in [0.717, 1.165) is 24.0 Å². The van der Waals surface area contributed by atoms with Crippen LogP contribution < -0.4 is 5.59 Å². The van der Waals surface area contributed by atoms with E-state index < -0.39 is 11.7 Å². The number of aromatic nitrogens is 3. The third-order valence-electron chi connectivity index (χ3n) is 3.46. The van der Waals surface area contributed by atoms with Crippen molar-refractivity contribution in [3.8, 4) is 11.1 Å². The third kappa shape index (κ3) is 3.03. The summed E-state index contributed by atoms with van der Waals surface area (Å²) in [5, 5.41) is 10.3. The highest BCUT2D eigenvalue weighted by molar-refractivity contribution is 6.46. The van der Waals surface area contributed by atoms with Gasteiger partial charge in [0.15, 0.2) is 0 Å². The first kappa shape index (κ1) is 16.2. The zero-order chi connectivity index (χ0) is 17.3. The van der Waals surface area contributed by atoms with Crippen molar-refractivity contribution in [2.45, 2.75) is 26.4 Å². The molecule has 3 aromatic heterocycles. The normalized spacial score (nSPS) is 11.5.